The standard InChI is InChI=1S/C16H23N5O/c1-10-18-6-5-11(20-10)7-19-16(17-2)21-8-12-13(9-21)15-4-3-14(12)22-15/h5-6,12-15H,3-4,7-9H2,1-2H3,(H,17,19). The van der Waals surface area contributed by atoms with Gasteiger partial charge < -0.3 is 15.0 Å². The van der Waals surface area contributed by atoms with E-state index in [2.05, 4.69) is 25.2 Å². The van der Waals surface area contributed by atoms with Gasteiger partial charge in [0.2, 0.25) is 0 Å². The van der Waals surface area contributed by atoms with Gasteiger partial charge in [0.05, 0.1) is 24.4 Å². The first-order valence-electron chi connectivity index (χ1n) is 8.14. The second-order valence-electron chi connectivity index (χ2n) is 6.52. The highest BCUT2D eigenvalue weighted by Crippen LogP contribution is 2.47. The van der Waals surface area contributed by atoms with Gasteiger partial charge >= 0.3 is 0 Å². The summed E-state index contributed by atoms with van der Waals surface area (Å²) < 4.78 is 6.04. The average molecular weight is 301 g/mol. The fourth-order valence-electron chi connectivity index (χ4n) is 4.24. The lowest BCUT2D eigenvalue weighted by atomic mass is 9.82. The number of nitrogens with zero attached hydrogens (tertiary/aromatic N) is 4. The van der Waals surface area contributed by atoms with Crippen LogP contribution in [0.15, 0.2) is 17.3 Å². The Balaban J connectivity index is 1.39. The van der Waals surface area contributed by atoms with E-state index >= 15 is 0 Å². The zero-order valence-corrected chi connectivity index (χ0v) is 13.2. The summed E-state index contributed by atoms with van der Waals surface area (Å²) in [5, 5.41) is 3.44. The van der Waals surface area contributed by atoms with E-state index in [4.69, 9.17) is 4.74 Å². The Hall–Kier alpha value is -1.69. The first kappa shape index (κ1) is 13.9. The minimum absolute atomic E-state index is 0.489. The molecule has 6 heteroatoms. The summed E-state index contributed by atoms with van der Waals surface area (Å²) in [6, 6.07) is 1.94. The normalized spacial score (nSPS) is 33.4. The van der Waals surface area contributed by atoms with Crippen molar-refractivity contribution in [2.45, 2.75) is 38.5 Å². The van der Waals surface area contributed by atoms with Crippen molar-refractivity contribution in [3.8, 4) is 0 Å². The zero-order chi connectivity index (χ0) is 15.1. The number of aliphatic imine (C=N–C) groups is 1. The Bertz CT molecular complexity index is 572. The Morgan fingerprint density at radius 2 is 2.09 bits per heavy atom. The van der Waals surface area contributed by atoms with Crippen molar-refractivity contribution in [2.24, 2.45) is 16.8 Å². The minimum atomic E-state index is 0.489. The van der Waals surface area contributed by atoms with Gasteiger partial charge in [0.25, 0.3) is 0 Å². The maximum atomic E-state index is 6.04. The fourth-order valence-corrected chi connectivity index (χ4v) is 4.24. The molecule has 2 bridgehead atoms. The molecule has 0 aromatic carbocycles. The van der Waals surface area contributed by atoms with Crippen LogP contribution in [0, 0.1) is 18.8 Å². The Morgan fingerprint density at radius 3 is 2.73 bits per heavy atom. The first-order valence-corrected chi connectivity index (χ1v) is 8.14. The molecular weight excluding hydrogens is 278 g/mol. The minimum Gasteiger partial charge on any atom is -0.374 e. The summed E-state index contributed by atoms with van der Waals surface area (Å²) >= 11 is 0. The van der Waals surface area contributed by atoms with Crippen molar-refractivity contribution < 1.29 is 4.74 Å². The molecule has 0 amide bonds. The summed E-state index contributed by atoms with van der Waals surface area (Å²) in [7, 11) is 1.85. The van der Waals surface area contributed by atoms with Gasteiger partial charge in [0.15, 0.2) is 5.96 Å². The molecule has 0 saturated carbocycles. The molecule has 6 nitrogen and oxygen atoms in total. The van der Waals surface area contributed by atoms with E-state index in [0.29, 0.717) is 30.6 Å². The van der Waals surface area contributed by atoms with E-state index in [1.807, 2.05) is 20.0 Å². The van der Waals surface area contributed by atoms with Crippen molar-refractivity contribution in [2.75, 3.05) is 20.1 Å². The summed E-state index contributed by atoms with van der Waals surface area (Å²) in [5.41, 5.74) is 0.997. The van der Waals surface area contributed by atoms with Gasteiger partial charge in [-0.05, 0) is 25.8 Å². The van der Waals surface area contributed by atoms with E-state index in [9.17, 15) is 0 Å². The topological polar surface area (TPSA) is 62.6 Å². The lowest BCUT2D eigenvalue weighted by molar-refractivity contribution is 0.0767. The lowest BCUT2D eigenvalue weighted by Gasteiger charge is -2.23. The average Bonchev–Trinajstić information content (AvgIpc) is 3.20. The number of nitrogens with one attached hydrogen (secondary N) is 1. The Labute approximate surface area is 131 Å². The van der Waals surface area contributed by atoms with Crippen LogP contribution in [0.3, 0.4) is 0 Å². The molecule has 3 aliphatic heterocycles. The zero-order valence-electron chi connectivity index (χ0n) is 13.2. The summed E-state index contributed by atoms with van der Waals surface area (Å²) in [6.45, 7) is 4.73. The predicted molar refractivity (Wildman–Crippen MR) is 83.4 cm³/mol. The number of likely N-dealkylation sites (tertiary alicyclic amines) is 1. The van der Waals surface area contributed by atoms with Crippen LogP contribution >= 0.6 is 0 Å². The predicted octanol–water partition coefficient (Wildman–Crippen LogP) is 0.970. The third kappa shape index (κ3) is 2.35. The Morgan fingerprint density at radius 1 is 1.36 bits per heavy atom. The molecule has 3 fully saturated rings. The largest absolute Gasteiger partial charge is 0.374 e. The third-order valence-corrected chi connectivity index (χ3v) is 5.23. The van der Waals surface area contributed by atoms with Crippen LogP contribution in [-0.4, -0.2) is 53.2 Å². The molecule has 4 heterocycles. The van der Waals surface area contributed by atoms with E-state index in [0.717, 1.165) is 30.6 Å². The van der Waals surface area contributed by atoms with Gasteiger partial charge in [-0.3, -0.25) is 4.99 Å². The van der Waals surface area contributed by atoms with E-state index in [1.165, 1.54) is 12.8 Å². The first-order chi connectivity index (χ1) is 10.7. The van der Waals surface area contributed by atoms with E-state index in [-0.39, 0.29) is 0 Å². The van der Waals surface area contributed by atoms with Crippen molar-refractivity contribution in [3.05, 3.63) is 23.8 Å². The SMILES string of the molecule is CN=C(NCc1ccnc(C)n1)N1CC2C3CCC(O3)C2C1. The van der Waals surface area contributed by atoms with Crippen LogP contribution in [0.5, 0.6) is 0 Å². The molecule has 22 heavy (non-hydrogen) atoms. The highest BCUT2D eigenvalue weighted by atomic mass is 16.5. The number of aryl methyl sites for hydroxylation is 1. The maximum absolute atomic E-state index is 6.04. The number of rotatable bonds is 2. The molecule has 0 aliphatic carbocycles. The van der Waals surface area contributed by atoms with Gasteiger partial charge in [-0.15, -0.1) is 0 Å². The molecule has 4 unspecified atom stereocenters. The van der Waals surface area contributed by atoms with Crippen LogP contribution in [0.1, 0.15) is 24.4 Å². The molecular formula is C16H23N5O. The molecule has 1 aromatic rings. The fraction of sp³-hybridized carbons (Fsp3) is 0.688. The molecule has 0 radical (unpaired) electrons. The highest BCUT2D eigenvalue weighted by molar-refractivity contribution is 5.80. The van der Waals surface area contributed by atoms with Crippen LogP contribution in [0.4, 0.5) is 0 Å². The quantitative estimate of drug-likeness (QED) is 0.651. The van der Waals surface area contributed by atoms with Crippen molar-refractivity contribution in [1.82, 2.24) is 20.2 Å². The number of hydrogen-bond acceptors (Lipinski definition) is 4. The third-order valence-electron chi connectivity index (χ3n) is 5.23. The monoisotopic (exact) mass is 301 g/mol. The van der Waals surface area contributed by atoms with Crippen LogP contribution in [-0.2, 0) is 11.3 Å². The molecule has 1 aromatic heterocycles. The van der Waals surface area contributed by atoms with Gasteiger partial charge in [-0.1, -0.05) is 0 Å². The van der Waals surface area contributed by atoms with Crippen molar-refractivity contribution >= 4 is 5.96 Å². The van der Waals surface area contributed by atoms with Crippen LogP contribution < -0.4 is 5.32 Å². The summed E-state index contributed by atoms with van der Waals surface area (Å²) in [5.74, 6) is 3.17. The molecule has 0 spiro atoms. The molecule has 4 rings (SSSR count). The van der Waals surface area contributed by atoms with E-state index in [1.54, 1.807) is 6.20 Å². The smallest absolute Gasteiger partial charge is 0.193 e. The molecule has 3 saturated heterocycles. The second kappa shape index (κ2) is 5.50. The van der Waals surface area contributed by atoms with Crippen molar-refractivity contribution in [3.63, 3.8) is 0 Å². The maximum Gasteiger partial charge on any atom is 0.193 e. The molecule has 4 atom stereocenters. The van der Waals surface area contributed by atoms with Crippen LogP contribution in [0.2, 0.25) is 0 Å². The second-order valence-corrected chi connectivity index (χ2v) is 6.52. The van der Waals surface area contributed by atoms with Gasteiger partial charge in [-0.25, -0.2) is 9.97 Å². The summed E-state index contributed by atoms with van der Waals surface area (Å²) in [6.07, 6.45) is 5.26. The highest BCUT2D eigenvalue weighted by Gasteiger charge is 2.53. The molecule has 118 valence electrons. The number of aromatic nitrogens is 2. The number of hydrogen-bond donors (Lipinski definition) is 1. The summed E-state index contributed by atoms with van der Waals surface area (Å²) in [4.78, 5) is 15.4. The van der Waals surface area contributed by atoms with Gasteiger partial charge in [0.1, 0.15) is 5.82 Å². The van der Waals surface area contributed by atoms with Gasteiger partial charge in [0, 0.05) is 38.2 Å². The number of fused-ring (bicyclic) bond motifs is 5. The lowest BCUT2D eigenvalue weighted by Crippen LogP contribution is -2.41. The Kier molecular flexibility index (Phi) is 3.48. The van der Waals surface area contributed by atoms with Crippen molar-refractivity contribution in [1.29, 1.82) is 0 Å². The van der Waals surface area contributed by atoms with Gasteiger partial charge in [-0.2, -0.15) is 0 Å². The number of ether oxygens (including phenoxy) is 1. The number of guanidine groups is 1. The molecule has 3 aliphatic rings. The van der Waals surface area contributed by atoms with Crippen LogP contribution in [0.25, 0.3) is 0 Å². The molecule has 1 N–H and O–H groups in total. The van der Waals surface area contributed by atoms with E-state index < -0.39 is 0 Å².